The largest absolute Gasteiger partial charge is 0.496 e. The van der Waals surface area contributed by atoms with Crippen molar-refractivity contribution in [1.29, 1.82) is 0 Å². The Bertz CT molecular complexity index is 543. The first kappa shape index (κ1) is 18.7. The van der Waals surface area contributed by atoms with Crippen molar-refractivity contribution in [2.24, 2.45) is 0 Å². The maximum atomic E-state index is 9.55. The van der Waals surface area contributed by atoms with E-state index in [1.807, 2.05) is 0 Å². The van der Waals surface area contributed by atoms with Crippen molar-refractivity contribution in [1.82, 2.24) is 9.80 Å². The van der Waals surface area contributed by atoms with Crippen molar-refractivity contribution in [2.75, 3.05) is 33.4 Å². The Balaban J connectivity index is 1.62. The molecule has 2 aliphatic rings. The Labute approximate surface area is 152 Å². The summed E-state index contributed by atoms with van der Waals surface area (Å²) < 4.78 is 5.37. The van der Waals surface area contributed by atoms with Gasteiger partial charge in [0.25, 0.3) is 0 Å². The van der Waals surface area contributed by atoms with Crippen molar-refractivity contribution in [2.45, 2.75) is 64.1 Å². The molecule has 1 heterocycles. The lowest BCUT2D eigenvalue weighted by atomic mass is 9.91. The number of aryl methyl sites for hydroxylation is 1. The molecule has 2 fully saturated rings. The normalized spacial score (nSPS) is 23.7. The van der Waals surface area contributed by atoms with Crippen molar-refractivity contribution >= 4 is 0 Å². The number of benzene rings is 1. The van der Waals surface area contributed by atoms with Crippen LogP contribution in [0.25, 0.3) is 0 Å². The number of methoxy groups -OCH3 is 1. The van der Waals surface area contributed by atoms with Crippen LogP contribution in [0.15, 0.2) is 18.2 Å². The number of piperazine rings is 1. The zero-order chi connectivity index (χ0) is 17.6. The SMILES string of the molecule is COc1ccc(CN2CCN(C3CCCCC3)C(CCO)C2)cc1C. The maximum Gasteiger partial charge on any atom is 0.121 e. The van der Waals surface area contributed by atoms with Gasteiger partial charge in [0.1, 0.15) is 5.75 Å². The minimum atomic E-state index is 0.295. The number of hydrogen-bond acceptors (Lipinski definition) is 4. The fourth-order valence-corrected chi connectivity index (χ4v) is 4.67. The smallest absolute Gasteiger partial charge is 0.121 e. The highest BCUT2D eigenvalue weighted by Crippen LogP contribution is 2.28. The number of aliphatic hydroxyl groups excluding tert-OH is 1. The van der Waals surface area contributed by atoms with Gasteiger partial charge in [-0.2, -0.15) is 0 Å². The molecule has 4 nitrogen and oxygen atoms in total. The molecule has 1 unspecified atom stereocenters. The molecular formula is C21H34N2O2. The van der Waals surface area contributed by atoms with Crippen LogP contribution in [0.2, 0.25) is 0 Å². The zero-order valence-corrected chi connectivity index (χ0v) is 15.9. The highest BCUT2D eigenvalue weighted by Gasteiger charge is 2.32. The molecule has 0 spiro atoms. The third-order valence-electron chi connectivity index (χ3n) is 5.98. The molecule has 1 N–H and O–H groups in total. The first-order valence-electron chi connectivity index (χ1n) is 9.93. The van der Waals surface area contributed by atoms with Crippen LogP contribution in [0.4, 0.5) is 0 Å². The van der Waals surface area contributed by atoms with Crippen LogP contribution < -0.4 is 4.74 Å². The molecule has 25 heavy (non-hydrogen) atoms. The van der Waals surface area contributed by atoms with Gasteiger partial charge in [-0.25, -0.2) is 0 Å². The van der Waals surface area contributed by atoms with Crippen LogP contribution in [0.3, 0.4) is 0 Å². The van der Waals surface area contributed by atoms with E-state index in [0.29, 0.717) is 12.6 Å². The summed E-state index contributed by atoms with van der Waals surface area (Å²) in [6.45, 7) is 6.74. The van der Waals surface area contributed by atoms with E-state index in [1.54, 1.807) is 7.11 Å². The van der Waals surface area contributed by atoms with E-state index in [9.17, 15) is 5.11 Å². The highest BCUT2D eigenvalue weighted by atomic mass is 16.5. The van der Waals surface area contributed by atoms with Gasteiger partial charge in [-0.3, -0.25) is 9.80 Å². The molecular weight excluding hydrogens is 312 g/mol. The van der Waals surface area contributed by atoms with Crippen LogP contribution in [0, 0.1) is 6.92 Å². The molecule has 1 aromatic carbocycles. The van der Waals surface area contributed by atoms with Gasteiger partial charge in [0.15, 0.2) is 0 Å². The van der Waals surface area contributed by atoms with E-state index in [0.717, 1.165) is 44.4 Å². The second kappa shape index (κ2) is 9.02. The summed E-state index contributed by atoms with van der Waals surface area (Å²) in [6, 6.07) is 7.75. The van der Waals surface area contributed by atoms with Gasteiger partial charge in [-0.1, -0.05) is 31.4 Å². The van der Waals surface area contributed by atoms with E-state index < -0.39 is 0 Å². The predicted molar refractivity (Wildman–Crippen MR) is 102 cm³/mol. The summed E-state index contributed by atoms with van der Waals surface area (Å²) in [5, 5.41) is 9.55. The highest BCUT2D eigenvalue weighted by molar-refractivity contribution is 5.36. The molecule has 0 bridgehead atoms. The second-order valence-electron chi connectivity index (χ2n) is 7.73. The van der Waals surface area contributed by atoms with E-state index in [2.05, 4.69) is 34.9 Å². The molecule has 4 heteroatoms. The lowest BCUT2D eigenvalue weighted by Crippen LogP contribution is -2.56. The van der Waals surface area contributed by atoms with E-state index in [1.165, 1.54) is 43.2 Å². The topological polar surface area (TPSA) is 35.9 Å². The van der Waals surface area contributed by atoms with Crippen LogP contribution in [0.1, 0.15) is 49.7 Å². The summed E-state index contributed by atoms with van der Waals surface area (Å²) in [4.78, 5) is 5.27. The maximum absolute atomic E-state index is 9.55. The van der Waals surface area contributed by atoms with Crippen molar-refractivity contribution in [3.8, 4) is 5.75 Å². The van der Waals surface area contributed by atoms with Gasteiger partial charge in [0, 0.05) is 44.9 Å². The Hall–Kier alpha value is -1.10. The van der Waals surface area contributed by atoms with Crippen LogP contribution in [0.5, 0.6) is 5.75 Å². The van der Waals surface area contributed by atoms with Gasteiger partial charge >= 0.3 is 0 Å². The molecule has 1 atom stereocenters. The average Bonchev–Trinajstić information content (AvgIpc) is 2.63. The molecule has 1 aromatic rings. The average molecular weight is 347 g/mol. The van der Waals surface area contributed by atoms with Gasteiger partial charge < -0.3 is 9.84 Å². The molecule has 0 aromatic heterocycles. The van der Waals surface area contributed by atoms with Gasteiger partial charge in [0.2, 0.25) is 0 Å². The molecule has 1 aliphatic carbocycles. The molecule has 1 saturated heterocycles. The lowest BCUT2D eigenvalue weighted by molar-refractivity contribution is 0.0137. The molecule has 1 aliphatic heterocycles. The molecule has 0 radical (unpaired) electrons. The monoisotopic (exact) mass is 346 g/mol. The van der Waals surface area contributed by atoms with Crippen molar-refractivity contribution < 1.29 is 9.84 Å². The first-order valence-corrected chi connectivity index (χ1v) is 9.93. The van der Waals surface area contributed by atoms with Crippen LogP contribution >= 0.6 is 0 Å². The van der Waals surface area contributed by atoms with Gasteiger partial charge in [-0.15, -0.1) is 0 Å². The Morgan fingerprint density at radius 1 is 1.16 bits per heavy atom. The third kappa shape index (κ3) is 4.75. The van der Waals surface area contributed by atoms with Gasteiger partial charge in [0.05, 0.1) is 7.11 Å². The van der Waals surface area contributed by atoms with E-state index in [4.69, 9.17) is 4.74 Å². The number of aliphatic hydroxyl groups is 1. The summed E-state index contributed by atoms with van der Waals surface area (Å²) >= 11 is 0. The number of rotatable bonds is 6. The molecule has 3 rings (SSSR count). The van der Waals surface area contributed by atoms with Gasteiger partial charge in [-0.05, 0) is 43.4 Å². The predicted octanol–water partition coefficient (Wildman–Crippen LogP) is 3.20. The van der Waals surface area contributed by atoms with Crippen LogP contribution in [-0.4, -0.2) is 60.3 Å². The lowest BCUT2D eigenvalue weighted by Gasteiger charge is -2.46. The minimum absolute atomic E-state index is 0.295. The first-order chi connectivity index (χ1) is 12.2. The fraction of sp³-hybridized carbons (Fsp3) is 0.714. The summed E-state index contributed by atoms with van der Waals surface area (Å²) in [7, 11) is 1.73. The molecule has 1 saturated carbocycles. The number of ether oxygens (including phenoxy) is 1. The van der Waals surface area contributed by atoms with Crippen molar-refractivity contribution in [3.05, 3.63) is 29.3 Å². The fourth-order valence-electron chi connectivity index (χ4n) is 4.67. The Morgan fingerprint density at radius 3 is 2.64 bits per heavy atom. The van der Waals surface area contributed by atoms with Crippen molar-refractivity contribution in [3.63, 3.8) is 0 Å². The zero-order valence-electron chi connectivity index (χ0n) is 15.9. The number of hydrogen-bond donors (Lipinski definition) is 1. The third-order valence-corrected chi connectivity index (χ3v) is 5.98. The second-order valence-corrected chi connectivity index (χ2v) is 7.73. The molecule has 140 valence electrons. The Kier molecular flexibility index (Phi) is 6.74. The summed E-state index contributed by atoms with van der Waals surface area (Å²) in [6.07, 6.45) is 7.75. The summed E-state index contributed by atoms with van der Waals surface area (Å²) in [5.74, 6) is 0.962. The summed E-state index contributed by atoms with van der Waals surface area (Å²) in [5.41, 5.74) is 2.56. The van der Waals surface area contributed by atoms with E-state index >= 15 is 0 Å². The Morgan fingerprint density at radius 2 is 1.96 bits per heavy atom. The number of nitrogens with zero attached hydrogens (tertiary/aromatic N) is 2. The van der Waals surface area contributed by atoms with E-state index in [-0.39, 0.29) is 0 Å². The standard InChI is InChI=1S/C21H34N2O2/c1-17-14-18(8-9-21(17)25-2)15-22-11-12-23(20(16-22)10-13-24)19-6-4-3-5-7-19/h8-9,14,19-20,24H,3-7,10-13,15-16H2,1-2H3. The quantitative estimate of drug-likeness (QED) is 0.858. The minimum Gasteiger partial charge on any atom is -0.496 e. The van der Waals surface area contributed by atoms with Crippen LogP contribution in [-0.2, 0) is 6.54 Å². The molecule has 0 amide bonds.